The molecule has 50 heavy (non-hydrogen) atoms. The number of aliphatic hydroxyl groups is 1. The van der Waals surface area contributed by atoms with E-state index in [1.807, 2.05) is 0 Å². The highest BCUT2D eigenvalue weighted by Crippen LogP contribution is 2.13. The van der Waals surface area contributed by atoms with E-state index in [4.69, 9.17) is 9.47 Å². The van der Waals surface area contributed by atoms with Crippen LogP contribution in [0.25, 0.3) is 0 Å². The van der Waals surface area contributed by atoms with Crippen LogP contribution in [0.15, 0.2) is 72.9 Å². The van der Waals surface area contributed by atoms with Crippen LogP contribution in [-0.4, -0.2) is 36.4 Å². The molecule has 0 spiro atoms. The Labute approximate surface area is 308 Å². The number of unbranched alkanes of at least 4 members (excludes halogenated alkanes) is 16. The Morgan fingerprint density at radius 1 is 0.480 bits per heavy atom. The van der Waals surface area contributed by atoms with Gasteiger partial charge in [0, 0.05) is 12.8 Å². The van der Waals surface area contributed by atoms with E-state index in [-0.39, 0.29) is 25.2 Å². The second-order valence-corrected chi connectivity index (χ2v) is 13.3. The Balaban J connectivity index is 3.65. The van der Waals surface area contributed by atoms with E-state index in [0.29, 0.717) is 19.3 Å². The smallest absolute Gasteiger partial charge is 0.306 e. The van der Waals surface area contributed by atoms with Gasteiger partial charge in [-0.25, -0.2) is 0 Å². The van der Waals surface area contributed by atoms with Crippen molar-refractivity contribution >= 4 is 11.9 Å². The van der Waals surface area contributed by atoms with Gasteiger partial charge in [-0.15, -0.1) is 0 Å². The molecule has 0 aliphatic rings. The molecule has 286 valence electrons. The van der Waals surface area contributed by atoms with Gasteiger partial charge in [0.05, 0.1) is 6.61 Å². The van der Waals surface area contributed by atoms with Gasteiger partial charge in [-0.05, 0) is 77.0 Å². The maximum absolute atomic E-state index is 12.2. The fourth-order valence-electron chi connectivity index (χ4n) is 5.41. The monoisotopic (exact) mass is 697 g/mol. The number of rotatable bonds is 36. The van der Waals surface area contributed by atoms with Crippen molar-refractivity contribution < 1.29 is 24.2 Å². The molecule has 0 aromatic heterocycles. The lowest BCUT2D eigenvalue weighted by Gasteiger charge is -2.15. The summed E-state index contributed by atoms with van der Waals surface area (Å²) in [4.78, 5) is 24.3. The van der Waals surface area contributed by atoms with Crippen molar-refractivity contribution in [2.24, 2.45) is 0 Å². The fourth-order valence-corrected chi connectivity index (χ4v) is 5.41. The Kier molecular flexibility index (Phi) is 38.6. The van der Waals surface area contributed by atoms with Gasteiger partial charge >= 0.3 is 11.9 Å². The molecular weight excluding hydrogens is 620 g/mol. The summed E-state index contributed by atoms with van der Waals surface area (Å²) in [5.41, 5.74) is 0. The molecule has 0 aromatic rings. The maximum atomic E-state index is 12.2. The molecule has 0 aliphatic heterocycles. The van der Waals surface area contributed by atoms with Gasteiger partial charge in [0.2, 0.25) is 0 Å². The van der Waals surface area contributed by atoms with E-state index in [2.05, 4.69) is 86.8 Å². The Morgan fingerprint density at radius 3 is 1.38 bits per heavy atom. The van der Waals surface area contributed by atoms with Crippen molar-refractivity contribution in [2.45, 2.75) is 187 Å². The summed E-state index contributed by atoms with van der Waals surface area (Å²) in [6.07, 6.45) is 54.0. The summed E-state index contributed by atoms with van der Waals surface area (Å²) in [7, 11) is 0. The Morgan fingerprint density at radius 2 is 0.880 bits per heavy atom. The van der Waals surface area contributed by atoms with E-state index in [0.717, 1.165) is 57.8 Å². The van der Waals surface area contributed by atoms with Gasteiger partial charge in [-0.1, -0.05) is 164 Å². The van der Waals surface area contributed by atoms with E-state index in [1.54, 1.807) is 0 Å². The maximum Gasteiger partial charge on any atom is 0.306 e. The number of hydrogen-bond acceptors (Lipinski definition) is 5. The molecule has 5 nitrogen and oxygen atoms in total. The number of esters is 2. The van der Waals surface area contributed by atoms with Crippen molar-refractivity contribution in [2.75, 3.05) is 13.2 Å². The first-order chi connectivity index (χ1) is 24.6. The van der Waals surface area contributed by atoms with Gasteiger partial charge in [0.1, 0.15) is 6.61 Å². The lowest BCUT2D eigenvalue weighted by molar-refractivity contribution is -0.161. The predicted molar refractivity (Wildman–Crippen MR) is 214 cm³/mol. The number of carbonyl (C=O) groups excluding carboxylic acids is 2. The number of aliphatic hydroxyl groups excluding tert-OH is 1. The number of hydrogen-bond donors (Lipinski definition) is 1. The minimum Gasteiger partial charge on any atom is -0.462 e. The van der Waals surface area contributed by atoms with E-state index < -0.39 is 6.10 Å². The van der Waals surface area contributed by atoms with Gasteiger partial charge < -0.3 is 14.6 Å². The molecule has 0 bridgehead atoms. The zero-order chi connectivity index (χ0) is 36.4. The number of allylic oxidation sites excluding steroid dienone is 12. The van der Waals surface area contributed by atoms with Gasteiger partial charge in [0.25, 0.3) is 0 Å². The second-order valence-electron chi connectivity index (χ2n) is 13.3. The van der Waals surface area contributed by atoms with Crippen LogP contribution in [0.3, 0.4) is 0 Å². The molecule has 1 unspecified atom stereocenters. The van der Waals surface area contributed by atoms with Crippen LogP contribution >= 0.6 is 0 Å². The first-order valence-electron chi connectivity index (χ1n) is 20.5. The molecule has 0 aromatic carbocycles. The zero-order valence-corrected chi connectivity index (χ0v) is 32.4. The van der Waals surface area contributed by atoms with Crippen LogP contribution in [0.4, 0.5) is 0 Å². The van der Waals surface area contributed by atoms with Crippen LogP contribution in [0.5, 0.6) is 0 Å². The highest BCUT2D eigenvalue weighted by molar-refractivity contribution is 5.70. The van der Waals surface area contributed by atoms with Gasteiger partial charge in [-0.2, -0.15) is 0 Å². The Hall–Kier alpha value is -2.66. The number of carbonyl (C=O) groups is 2. The largest absolute Gasteiger partial charge is 0.462 e. The normalized spacial score (nSPS) is 12.9. The molecule has 0 radical (unpaired) electrons. The first kappa shape index (κ1) is 47.3. The summed E-state index contributed by atoms with van der Waals surface area (Å²) in [6, 6.07) is 0. The molecule has 0 aliphatic carbocycles. The summed E-state index contributed by atoms with van der Waals surface area (Å²) in [6.45, 7) is 3.96. The molecule has 5 heteroatoms. The van der Waals surface area contributed by atoms with E-state index in [9.17, 15) is 14.7 Å². The van der Waals surface area contributed by atoms with Crippen LogP contribution < -0.4 is 0 Å². The van der Waals surface area contributed by atoms with Crippen molar-refractivity contribution in [1.82, 2.24) is 0 Å². The molecule has 0 fully saturated rings. The van der Waals surface area contributed by atoms with Crippen LogP contribution in [0.2, 0.25) is 0 Å². The first-order valence-corrected chi connectivity index (χ1v) is 20.5. The van der Waals surface area contributed by atoms with Crippen molar-refractivity contribution in [3.8, 4) is 0 Å². The quantitative estimate of drug-likeness (QED) is 0.0401. The SMILES string of the molecule is CCC=CCC=CCC=CCC=CCC=CCCCC(=O)OCC(CO)OC(=O)CCCCCCCCCCCC=CCCCCCCCC. The van der Waals surface area contributed by atoms with Crippen LogP contribution in [0.1, 0.15) is 181 Å². The minimum absolute atomic E-state index is 0.0990. The molecule has 0 rings (SSSR count). The summed E-state index contributed by atoms with van der Waals surface area (Å²) in [5.74, 6) is -0.665. The second kappa shape index (κ2) is 40.8. The summed E-state index contributed by atoms with van der Waals surface area (Å²) < 4.78 is 10.6. The molecule has 0 heterocycles. The highest BCUT2D eigenvalue weighted by atomic mass is 16.6. The van der Waals surface area contributed by atoms with Crippen molar-refractivity contribution in [1.29, 1.82) is 0 Å². The fraction of sp³-hybridized carbons (Fsp3) is 0.689. The molecule has 0 amide bonds. The minimum atomic E-state index is -0.798. The molecule has 1 N–H and O–H groups in total. The van der Waals surface area contributed by atoms with Crippen molar-refractivity contribution in [3.05, 3.63) is 72.9 Å². The Bertz CT molecular complexity index is 926. The average Bonchev–Trinajstić information content (AvgIpc) is 3.12. The van der Waals surface area contributed by atoms with Crippen LogP contribution in [-0.2, 0) is 19.1 Å². The van der Waals surface area contributed by atoms with Gasteiger partial charge in [-0.3, -0.25) is 9.59 Å². The topological polar surface area (TPSA) is 72.8 Å². The molecular formula is C45H76O5. The third-order valence-electron chi connectivity index (χ3n) is 8.48. The van der Waals surface area contributed by atoms with Crippen molar-refractivity contribution in [3.63, 3.8) is 0 Å². The molecule has 0 saturated carbocycles. The summed E-state index contributed by atoms with van der Waals surface area (Å²) >= 11 is 0. The lowest BCUT2D eigenvalue weighted by Crippen LogP contribution is -2.28. The van der Waals surface area contributed by atoms with Gasteiger partial charge in [0.15, 0.2) is 6.10 Å². The van der Waals surface area contributed by atoms with E-state index in [1.165, 1.54) is 89.9 Å². The third-order valence-corrected chi connectivity index (χ3v) is 8.48. The third kappa shape index (κ3) is 38.1. The lowest BCUT2D eigenvalue weighted by atomic mass is 10.1. The average molecular weight is 697 g/mol. The van der Waals surface area contributed by atoms with E-state index >= 15 is 0 Å². The van der Waals surface area contributed by atoms with Crippen LogP contribution in [0, 0.1) is 0 Å². The highest BCUT2D eigenvalue weighted by Gasteiger charge is 2.16. The number of ether oxygens (including phenoxy) is 2. The standard InChI is InChI=1S/C45H76O5/c1-3-5-7-9-11-13-15-17-19-21-22-24-26-28-30-32-34-36-38-40-45(48)50-43(41-46)42-49-44(47)39-37-35-33-31-29-27-25-23-20-18-16-14-12-10-8-6-4-2/h6,8,12,14,17-20,25,27,31,33,43,46H,3-5,7,9-11,13,15-16,21-24,26,28-30,32,34-42H2,1-2H3. The summed E-state index contributed by atoms with van der Waals surface area (Å²) in [5, 5.41) is 9.56. The predicted octanol–water partition coefficient (Wildman–Crippen LogP) is 13.0. The zero-order valence-electron chi connectivity index (χ0n) is 32.4. The molecule has 0 saturated heterocycles. The molecule has 1 atom stereocenters.